The standard InChI is InChI=1S/C29H27Cl2F2N5O4/c1-14-4-3-5-21(38-11-10-15(12-22(38)39)23-19(32)9-8-18(30)24(23)33)27-36-25(26(31)37-27)17-7-6-16(34-29(41)42-2)13-20(17)35-28(14)40/h6-9,12-14,21H,3-5,10-11H2,1-2H3,(H,34,41)(H,35,40)(H,36,37)/t14-,21+/m1/s1. The number of halogens is 4. The number of rotatable bonds is 3. The molecule has 1 aromatic heterocycles. The van der Waals surface area contributed by atoms with Crippen molar-refractivity contribution in [2.24, 2.45) is 5.92 Å². The van der Waals surface area contributed by atoms with Gasteiger partial charge in [-0.05, 0) is 55.2 Å². The average molecular weight is 618 g/mol. The first-order valence-electron chi connectivity index (χ1n) is 13.3. The van der Waals surface area contributed by atoms with Crippen molar-refractivity contribution in [2.75, 3.05) is 24.3 Å². The van der Waals surface area contributed by atoms with Crippen molar-refractivity contribution in [3.63, 3.8) is 0 Å². The van der Waals surface area contributed by atoms with Gasteiger partial charge in [-0.1, -0.05) is 36.5 Å². The van der Waals surface area contributed by atoms with E-state index in [1.165, 1.54) is 13.2 Å². The van der Waals surface area contributed by atoms with Gasteiger partial charge >= 0.3 is 6.09 Å². The summed E-state index contributed by atoms with van der Waals surface area (Å²) in [7, 11) is 1.24. The molecular formula is C29H27Cl2F2N5O4. The minimum Gasteiger partial charge on any atom is -0.453 e. The number of carbonyl (C=O) groups excluding carboxylic acids is 3. The molecule has 0 spiro atoms. The molecule has 13 heteroatoms. The van der Waals surface area contributed by atoms with Crippen LogP contribution < -0.4 is 10.6 Å². The number of imidazole rings is 1. The van der Waals surface area contributed by atoms with E-state index in [1.54, 1.807) is 30.0 Å². The number of carbonyl (C=O) groups is 3. The second kappa shape index (κ2) is 12.1. The van der Waals surface area contributed by atoms with Gasteiger partial charge in [-0.25, -0.2) is 18.6 Å². The maximum Gasteiger partial charge on any atom is 0.411 e. The first kappa shape index (κ1) is 29.5. The zero-order valence-corrected chi connectivity index (χ0v) is 24.2. The Bertz CT molecular complexity index is 1610. The third-order valence-corrected chi connectivity index (χ3v) is 8.03. The number of fused-ring (bicyclic) bond motifs is 4. The predicted octanol–water partition coefficient (Wildman–Crippen LogP) is 6.96. The molecule has 42 heavy (non-hydrogen) atoms. The molecule has 3 amide bonds. The zero-order valence-electron chi connectivity index (χ0n) is 22.7. The van der Waals surface area contributed by atoms with Gasteiger partial charge in [0.05, 0.1) is 29.4 Å². The van der Waals surface area contributed by atoms with Gasteiger partial charge in [0.2, 0.25) is 11.8 Å². The Morgan fingerprint density at radius 2 is 1.95 bits per heavy atom. The lowest BCUT2D eigenvalue weighted by atomic mass is 9.95. The van der Waals surface area contributed by atoms with Crippen LogP contribution in [0.4, 0.5) is 25.0 Å². The number of amides is 3. The van der Waals surface area contributed by atoms with Crippen LogP contribution in [0.1, 0.15) is 50.0 Å². The molecule has 3 aromatic rings. The molecule has 0 unspecified atom stereocenters. The first-order chi connectivity index (χ1) is 20.1. The fourth-order valence-corrected chi connectivity index (χ4v) is 5.63. The van der Waals surface area contributed by atoms with Crippen molar-refractivity contribution in [1.29, 1.82) is 0 Å². The van der Waals surface area contributed by atoms with Crippen molar-refractivity contribution in [2.45, 2.75) is 38.6 Å². The van der Waals surface area contributed by atoms with E-state index in [0.29, 0.717) is 47.7 Å². The molecule has 3 N–H and O–H groups in total. The van der Waals surface area contributed by atoms with Crippen LogP contribution >= 0.6 is 23.2 Å². The highest BCUT2D eigenvalue weighted by Gasteiger charge is 2.33. The summed E-state index contributed by atoms with van der Waals surface area (Å²) >= 11 is 12.5. The highest BCUT2D eigenvalue weighted by Crippen LogP contribution is 2.39. The van der Waals surface area contributed by atoms with Crippen LogP contribution in [0.3, 0.4) is 0 Å². The largest absolute Gasteiger partial charge is 0.453 e. The van der Waals surface area contributed by atoms with Crippen molar-refractivity contribution < 1.29 is 27.9 Å². The van der Waals surface area contributed by atoms with E-state index in [9.17, 15) is 23.2 Å². The Balaban J connectivity index is 1.53. The van der Waals surface area contributed by atoms with Crippen molar-refractivity contribution in [1.82, 2.24) is 14.9 Å². The SMILES string of the molecule is COC(=O)Nc1ccc2c(c1)NC(=O)[C@H](C)CCC[C@H](N1CCC(c3c(F)ccc(Cl)c3F)=CC1=O)c1nc-2c(Cl)[nH]1. The molecule has 2 bridgehead atoms. The number of hydrogen-bond acceptors (Lipinski definition) is 5. The second-order valence-electron chi connectivity index (χ2n) is 10.2. The number of aromatic amines is 1. The van der Waals surface area contributed by atoms with Crippen molar-refractivity contribution in [3.05, 3.63) is 69.6 Å². The van der Waals surface area contributed by atoms with Gasteiger partial charge in [-0.3, -0.25) is 14.9 Å². The van der Waals surface area contributed by atoms with Crippen LogP contribution in [0.25, 0.3) is 16.8 Å². The number of nitrogens with one attached hydrogen (secondary N) is 3. The summed E-state index contributed by atoms with van der Waals surface area (Å²) < 4.78 is 33.9. The number of H-pyrrole nitrogens is 1. The first-order valence-corrected chi connectivity index (χ1v) is 14.0. The van der Waals surface area contributed by atoms with E-state index in [2.05, 4.69) is 20.4 Å². The molecule has 2 aliphatic rings. The van der Waals surface area contributed by atoms with Gasteiger partial charge in [0.15, 0.2) is 5.82 Å². The van der Waals surface area contributed by atoms with E-state index in [0.717, 1.165) is 12.1 Å². The zero-order chi connectivity index (χ0) is 30.1. The molecule has 220 valence electrons. The summed E-state index contributed by atoms with van der Waals surface area (Å²) in [5.41, 5.74) is 1.51. The van der Waals surface area contributed by atoms with Crippen molar-refractivity contribution >= 4 is 58.1 Å². The molecule has 0 fully saturated rings. The second-order valence-corrected chi connectivity index (χ2v) is 11.0. The average Bonchev–Trinajstić information content (AvgIpc) is 3.34. The van der Waals surface area contributed by atoms with Crippen molar-refractivity contribution in [3.8, 4) is 11.3 Å². The van der Waals surface area contributed by atoms with Crippen LogP contribution in [-0.2, 0) is 14.3 Å². The van der Waals surface area contributed by atoms with E-state index in [1.807, 2.05) is 0 Å². The minimum absolute atomic E-state index is 0.170. The third-order valence-electron chi connectivity index (χ3n) is 7.46. The number of anilines is 2. The molecule has 0 saturated heterocycles. The fraction of sp³-hybridized carbons (Fsp3) is 0.310. The van der Waals surface area contributed by atoms with Gasteiger partial charge < -0.3 is 19.9 Å². The molecule has 2 aliphatic heterocycles. The minimum atomic E-state index is -0.909. The molecule has 2 aromatic carbocycles. The Labute approximate surface area is 250 Å². The predicted molar refractivity (Wildman–Crippen MR) is 155 cm³/mol. The Hall–Kier alpha value is -3.96. The summed E-state index contributed by atoms with van der Waals surface area (Å²) in [6.07, 6.45) is 2.29. The van der Waals surface area contributed by atoms with Crippen LogP contribution in [-0.4, -0.2) is 46.4 Å². The molecule has 0 aliphatic carbocycles. The maximum absolute atomic E-state index is 14.7. The summed E-state index contributed by atoms with van der Waals surface area (Å²) in [5, 5.41) is 5.45. The maximum atomic E-state index is 14.7. The smallest absolute Gasteiger partial charge is 0.411 e. The van der Waals surface area contributed by atoms with E-state index in [4.69, 9.17) is 28.2 Å². The number of aromatic nitrogens is 2. The quantitative estimate of drug-likeness (QED) is 0.275. The summed E-state index contributed by atoms with van der Waals surface area (Å²) in [6.45, 7) is 1.97. The molecule has 2 atom stereocenters. The summed E-state index contributed by atoms with van der Waals surface area (Å²) in [6, 6.07) is 6.52. The lowest BCUT2D eigenvalue weighted by Crippen LogP contribution is -2.38. The Kier molecular flexibility index (Phi) is 8.51. The van der Waals surface area contributed by atoms with Gasteiger partial charge in [0.1, 0.15) is 22.5 Å². The van der Waals surface area contributed by atoms with Crippen LogP contribution in [0.15, 0.2) is 36.4 Å². The highest BCUT2D eigenvalue weighted by molar-refractivity contribution is 6.32. The monoisotopic (exact) mass is 617 g/mol. The van der Waals surface area contributed by atoms with Gasteiger partial charge in [-0.15, -0.1) is 0 Å². The molecule has 5 rings (SSSR count). The van der Waals surface area contributed by atoms with Crippen LogP contribution in [0, 0.1) is 17.6 Å². The van der Waals surface area contributed by atoms with Crippen LogP contribution in [0.2, 0.25) is 10.2 Å². The number of benzene rings is 2. The lowest BCUT2D eigenvalue weighted by molar-refractivity contribution is -0.129. The summed E-state index contributed by atoms with van der Waals surface area (Å²) in [4.78, 5) is 47.7. The Morgan fingerprint density at radius 1 is 1.17 bits per heavy atom. The Morgan fingerprint density at radius 3 is 2.69 bits per heavy atom. The van der Waals surface area contributed by atoms with Gasteiger partial charge in [0.25, 0.3) is 0 Å². The number of methoxy groups -OCH3 is 1. The molecular weight excluding hydrogens is 591 g/mol. The normalized spacial score (nSPS) is 19.2. The lowest BCUT2D eigenvalue weighted by Gasteiger charge is -2.33. The number of ether oxygens (including phenoxy) is 1. The van der Waals surface area contributed by atoms with Gasteiger partial charge in [0, 0.05) is 29.8 Å². The highest BCUT2D eigenvalue weighted by atomic mass is 35.5. The van der Waals surface area contributed by atoms with E-state index >= 15 is 0 Å². The topological polar surface area (TPSA) is 116 Å². The number of hydrogen-bond donors (Lipinski definition) is 3. The number of nitrogens with zero attached hydrogens (tertiary/aromatic N) is 2. The molecule has 3 heterocycles. The molecule has 9 nitrogen and oxygen atoms in total. The van der Waals surface area contributed by atoms with Gasteiger partial charge in [-0.2, -0.15) is 0 Å². The van der Waals surface area contributed by atoms with E-state index in [-0.39, 0.29) is 46.1 Å². The fourth-order valence-electron chi connectivity index (χ4n) is 5.23. The van der Waals surface area contributed by atoms with E-state index < -0.39 is 29.7 Å². The third kappa shape index (κ3) is 5.84. The molecule has 0 radical (unpaired) electrons. The summed E-state index contributed by atoms with van der Waals surface area (Å²) in [5.74, 6) is -2.32. The molecule has 0 saturated carbocycles. The van der Waals surface area contributed by atoms with Crippen LogP contribution in [0.5, 0.6) is 0 Å².